The summed E-state index contributed by atoms with van der Waals surface area (Å²) in [7, 11) is 3.74. The largest absolute Gasteiger partial charge is 0.492 e. The number of amides is 1. The summed E-state index contributed by atoms with van der Waals surface area (Å²) in [5, 5.41) is 6.32. The van der Waals surface area contributed by atoms with Gasteiger partial charge in [0.05, 0.1) is 6.54 Å². The van der Waals surface area contributed by atoms with E-state index in [4.69, 9.17) is 4.74 Å². The molecule has 156 valence electrons. The molecule has 1 atom stereocenters. The van der Waals surface area contributed by atoms with Gasteiger partial charge in [-0.3, -0.25) is 9.79 Å². The van der Waals surface area contributed by atoms with Gasteiger partial charge in [0.1, 0.15) is 12.4 Å². The van der Waals surface area contributed by atoms with Crippen LogP contribution in [0.1, 0.15) is 36.2 Å². The van der Waals surface area contributed by atoms with E-state index >= 15 is 0 Å². The Morgan fingerprint density at radius 1 is 1.14 bits per heavy atom. The van der Waals surface area contributed by atoms with E-state index in [-0.39, 0.29) is 11.9 Å². The molecule has 0 spiro atoms. The monoisotopic (exact) mass is 396 g/mol. The molecule has 2 aromatic rings. The number of nitrogens with one attached hydrogen (secondary N) is 2. The zero-order valence-electron chi connectivity index (χ0n) is 17.8. The lowest BCUT2D eigenvalue weighted by molar-refractivity contribution is 0.0939. The van der Waals surface area contributed by atoms with Gasteiger partial charge in [-0.05, 0) is 43.2 Å². The molecular formula is C23H32N4O2. The number of benzene rings is 2. The van der Waals surface area contributed by atoms with E-state index in [1.54, 1.807) is 7.05 Å². The molecule has 0 aliphatic carbocycles. The quantitative estimate of drug-likeness (QED) is 0.504. The van der Waals surface area contributed by atoms with Crippen LogP contribution in [0.2, 0.25) is 0 Å². The van der Waals surface area contributed by atoms with Gasteiger partial charge >= 0.3 is 0 Å². The first kappa shape index (κ1) is 22.3. The predicted molar refractivity (Wildman–Crippen MR) is 118 cm³/mol. The fourth-order valence-corrected chi connectivity index (χ4v) is 2.67. The summed E-state index contributed by atoms with van der Waals surface area (Å²) in [5.41, 5.74) is 1.76. The molecule has 2 N–H and O–H groups in total. The molecule has 1 unspecified atom stereocenters. The number of aliphatic imine (C=N–C) groups is 1. The van der Waals surface area contributed by atoms with Crippen LogP contribution in [0.5, 0.6) is 5.75 Å². The molecule has 29 heavy (non-hydrogen) atoms. The van der Waals surface area contributed by atoms with E-state index in [1.165, 1.54) is 0 Å². The van der Waals surface area contributed by atoms with Gasteiger partial charge < -0.3 is 20.3 Å². The van der Waals surface area contributed by atoms with E-state index in [0.717, 1.165) is 23.7 Å². The minimum absolute atomic E-state index is 0.0344. The molecular weight excluding hydrogens is 364 g/mol. The zero-order chi connectivity index (χ0) is 21.1. The highest BCUT2D eigenvalue weighted by molar-refractivity contribution is 5.94. The Morgan fingerprint density at radius 2 is 1.83 bits per heavy atom. The van der Waals surface area contributed by atoms with Crippen molar-refractivity contribution in [3.63, 3.8) is 0 Å². The number of hydrogen-bond acceptors (Lipinski definition) is 3. The average molecular weight is 397 g/mol. The SMILES string of the molecule is CCC(C)NC(=O)c1ccc(CNC(=NC)N(C)CCOc2ccccc2)cc1. The lowest BCUT2D eigenvalue weighted by Gasteiger charge is -2.22. The number of guanidine groups is 1. The Morgan fingerprint density at radius 3 is 2.45 bits per heavy atom. The van der Waals surface area contributed by atoms with Crippen LogP contribution in [0.25, 0.3) is 0 Å². The molecule has 6 nitrogen and oxygen atoms in total. The summed E-state index contributed by atoms with van der Waals surface area (Å²) in [6, 6.07) is 17.6. The molecule has 0 aliphatic rings. The van der Waals surface area contributed by atoms with E-state index in [0.29, 0.717) is 25.3 Å². The summed E-state index contributed by atoms with van der Waals surface area (Å²) in [4.78, 5) is 18.5. The Labute approximate surface area is 174 Å². The smallest absolute Gasteiger partial charge is 0.251 e. The number of likely N-dealkylation sites (N-methyl/N-ethyl adjacent to an activating group) is 1. The van der Waals surface area contributed by atoms with E-state index in [2.05, 4.69) is 22.5 Å². The van der Waals surface area contributed by atoms with Crippen molar-refractivity contribution in [3.8, 4) is 5.75 Å². The topological polar surface area (TPSA) is 66.0 Å². The molecule has 0 aromatic heterocycles. The van der Waals surface area contributed by atoms with Crippen LogP contribution in [0, 0.1) is 0 Å². The second-order valence-corrected chi connectivity index (χ2v) is 6.96. The molecule has 0 radical (unpaired) electrons. The molecule has 1 amide bonds. The normalized spacial score (nSPS) is 12.2. The molecule has 0 bridgehead atoms. The van der Waals surface area contributed by atoms with Gasteiger partial charge in [-0.25, -0.2) is 0 Å². The maximum absolute atomic E-state index is 12.2. The summed E-state index contributed by atoms with van der Waals surface area (Å²) in [6.45, 7) is 5.97. The van der Waals surface area contributed by atoms with Gasteiger partial charge in [-0.1, -0.05) is 37.3 Å². The van der Waals surface area contributed by atoms with Crippen LogP contribution >= 0.6 is 0 Å². The Balaban J connectivity index is 1.79. The lowest BCUT2D eigenvalue weighted by atomic mass is 10.1. The van der Waals surface area contributed by atoms with E-state index in [9.17, 15) is 4.79 Å². The third-order valence-electron chi connectivity index (χ3n) is 4.67. The first-order valence-electron chi connectivity index (χ1n) is 10.0. The molecule has 0 saturated carbocycles. The van der Waals surface area contributed by atoms with Crippen molar-refractivity contribution in [2.45, 2.75) is 32.9 Å². The maximum atomic E-state index is 12.2. The van der Waals surface area contributed by atoms with Crippen LogP contribution in [-0.4, -0.2) is 50.1 Å². The minimum atomic E-state index is -0.0344. The number of carbonyl (C=O) groups excluding carboxylic acids is 1. The zero-order valence-corrected chi connectivity index (χ0v) is 17.8. The standard InChI is InChI=1S/C23H32N4O2/c1-5-18(2)26-22(28)20-13-11-19(12-14-20)17-25-23(24-3)27(4)15-16-29-21-9-7-6-8-10-21/h6-14,18H,5,15-17H2,1-4H3,(H,24,25)(H,26,28). The third-order valence-corrected chi connectivity index (χ3v) is 4.67. The van der Waals surface area contributed by atoms with Crippen LogP contribution in [-0.2, 0) is 6.54 Å². The second kappa shape index (κ2) is 11.7. The molecule has 2 rings (SSSR count). The highest BCUT2D eigenvalue weighted by Gasteiger charge is 2.09. The predicted octanol–water partition coefficient (Wildman–Crippen LogP) is 3.30. The molecule has 6 heteroatoms. The highest BCUT2D eigenvalue weighted by atomic mass is 16.5. The van der Waals surface area contributed by atoms with Crippen molar-refractivity contribution in [3.05, 3.63) is 65.7 Å². The summed E-state index contributed by atoms with van der Waals surface area (Å²) < 4.78 is 5.74. The van der Waals surface area contributed by atoms with E-state index < -0.39 is 0 Å². The molecule has 0 saturated heterocycles. The fourth-order valence-electron chi connectivity index (χ4n) is 2.67. The highest BCUT2D eigenvalue weighted by Crippen LogP contribution is 2.08. The molecule has 0 fully saturated rings. The summed E-state index contributed by atoms with van der Waals surface area (Å²) >= 11 is 0. The first-order valence-corrected chi connectivity index (χ1v) is 10.0. The van der Waals surface area contributed by atoms with Crippen molar-refractivity contribution in [2.75, 3.05) is 27.2 Å². The van der Waals surface area contributed by atoms with Gasteiger partial charge in [-0.15, -0.1) is 0 Å². The number of para-hydroxylation sites is 1. The van der Waals surface area contributed by atoms with Gasteiger partial charge in [0.25, 0.3) is 5.91 Å². The van der Waals surface area contributed by atoms with E-state index in [1.807, 2.05) is 73.5 Å². The number of nitrogens with zero attached hydrogens (tertiary/aromatic N) is 2. The summed E-state index contributed by atoms with van der Waals surface area (Å²) in [5.74, 6) is 1.62. The number of carbonyl (C=O) groups is 1. The van der Waals surface area contributed by atoms with Gasteiger partial charge in [0.2, 0.25) is 0 Å². The number of ether oxygens (including phenoxy) is 1. The van der Waals surface area contributed by atoms with Crippen molar-refractivity contribution in [1.82, 2.24) is 15.5 Å². The Hall–Kier alpha value is -3.02. The van der Waals surface area contributed by atoms with Crippen molar-refractivity contribution in [2.24, 2.45) is 4.99 Å². The Bertz CT molecular complexity index is 775. The number of hydrogen-bond donors (Lipinski definition) is 2. The lowest BCUT2D eigenvalue weighted by Crippen LogP contribution is -2.40. The molecule has 0 heterocycles. The third kappa shape index (κ3) is 7.49. The van der Waals surface area contributed by atoms with Crippen LogP contribution in [0.4, 0.5) is 0 Å². The van der Waals surface area contributed by atoms with Crippen LogP contribution in [0.15, 0.2) is 59.6 Å². The van der Waals surface area contributed by atoms with Crippen molar-refractivity contribution >= 4 is 11.9 Å². The molecule has 2 aromatic carbocycles. The Kier molecular flexibility index (Phi) is 9.02. The van der Waals surface area contributed by atoms with Gasteiger partial charge in [-0.2, -0.15) is 0 Å². The van der Waals surface area contributed by atoms with Crippen molar-refractivity contribution < 1.29 is 9.53 Å². The average Bonchev–Trinajstić information content (AvgIpc) is 2.75. The summed E-state index contributed by atoms with van der Waals surface area (Å²) in [6.07, 6.45) is 0.913. The maximum Gasteiger partial charge on any atom is 0.251 e. The van der Waals surface area contributed by atoms with Crippen molar-refractivity contribution in [1.29, 1.82) is 0 Å². The van der Waals surface area contributed by atoms with Crippen LogP contribution < -0.4 is 15.4 Å². The first-order chi connectivity index (χ1) is 14.0. The van der Waals surface area contributed by atoms with Gasteiger partial charge in [0.15, 0.2) is 5.96 Å². The number of rotatable bonds is 9. The van der Waals surface area contributed by atoms with Gasteiger partial charge in [0, 0.05) is 32.2 Å². The minimum Gasteiger partial charge on any atom is -0.492 e. The fraction of sp³-hybridized carbons (Fsp3) is 0.391. The molecule has 0 aliphatic heterocycles. The second-order valence-electron chi connectivity index (χ2n) is 6.96. The van der Waals surface area contributed by atoms with Crippen LogP contribution in [0.3, 0.4) is 0 Å².